The molecule has 5 heteroatoms. The first-order chi connectivity index (χ1) is 8.81. The number of carbonyl (C=O) groups is 1. The monoisotopic (exact) mass is 243 g/mol. The molecule has 2 heterocycles. The normalized spacial score (nSPS) is 10.1. The molecule has 18 heavy (non-hydrogen) atoms. The van der Waals surface area contributed by atoms with Crippen molar-refractivity contribution >= 4 is 5.91 Å². The van der Waals surface area contributed by atoms with Gasteiger partial charge >= 0.3 is 0 Å². The van der Waals surface area contributed by atoms with Crippen molar-refractivity contribution in [1.82, 2.24) is 15.3 Å². The highest BCUT2D eigenvalue weighted by molar-refractivity contribution is 5.95. The molecule has 2 aromatic heterocycles. The molecule has 0 saturated heterocycles. The summed E-state index contributed by atoms with van der Waals surface area (Å²) in [5.74, 6) is -0.248. The van der Waals surface area contributed by atoms with Crippen LogP contribution < -0.4 is 5.32 Å². The number of aromatic nitrogens is 2. The zero-order chi connectivity index (χ0) is 12.8. The van der Waals surface area contributed by atoms with E-state index in [1.54, 1.807) is 24.7 Å². The van der Waals surface area contributed by atoms with Gasteiger partial charge in [-0.25, -0.2) is 0 Å². The SMILES string of the molecule is O=C(NCCO)c1cncc(-c2cccnc2)c1. The van der Waals surface area contributed by atoms with E-state index < -0.39 is 0 Å². The molecule has 0 aliphatic heterocycles. The minimum atomic E-state index is -0.248. The zero-order valence-corrected chi connectivity index (χ0v) is 9.71. The third-order valence-electron chi connectivity index (χ3n) is 2.39. The average Bonchev–Trinajstić information content (AvgIpc) is 2.46. The predicted molar refractivity (Wildman–Crippen MR) is 66.9 cm³/mol. The Hall–Kier alpha value is -2.27. The summed E-state index contributed by atoms with van der Waals surface area (Å²) < 4.78 is 0. The molecule has 5 nitrogen and oxygen atoms in total. The van der Waals surface area contributed by atoms with Gasteiger partial charge in [0.25, 0.3) is 5.91 Å². The van der Waals surface area contributed by atoms with Crippen LogP contribution in [-0.4, -0.2) is 34.1 Å². The number of aliphatic hydroxyl groups excluding tert-OH is 1. The molecule has 0 spiro atoms. The molecule has 0 atom stereocenters. The summed E-state index contributed by atoms with van der Waals surface area (Å²) >= 11 is 0. The van der Waals surface area contributed by atoms with E-state index in [2.05, 4.69) is 15.3 Å². The first-order valence-corrected chi connectivity index (χ1v) is 5.56. The molecule has 2 N–H and O–H groups in total. The van der Waals surface area contributed by atoms with E-state index in [0.29, 0.717) is 5.56 Å². The lowest BCUT2D eigenvalue weighted by Crippen LogP contribution is -2.26. The third kappa shape index (κ3) is 2.89. The van der Waals surface area contributed by atoms with E-state index >= 15 is 0 Å². The second-order valence-electron chi connectivity index (χ2n) is 3.68. The fourth-order valence-corrected chi connectivity index (χ4v) is 1.53. The number of hydrogen-bond donors (Lipinski definition) is 2. The molecular formula is C13H13N3O2. The van der Waals surface area contributed by atoms with Crippen molar-refractivity contribution in [3.05, 3.63) is 48.5 Å². The Bertz CT molecular complexity index is 529. The zero-order valence-electron chi connectivity index (χ0n) is 9.71. The lowest BCUT2D eigenvalue weighted by molar-refractivity contribution is 0.0944. The van der Waals surface area contributed by atoms with E-state index in [0.717, 1.165) is 11.1 Å². The Balaban J connectivity index is 2.23. The van der Waals surface area contributed by atoms with Gasteiger partial charge in [-0.15, -0.1) is 0 Å². The van der Waals surface area contributed by atoms with Crippen molar-refractivity contribution in [1.29, 1.82) is 0 Å². The topological polar surface area (TPSA) is 75.1 Å². The van der Waals surface area contributed by atoms with Gasteiger partial charge in [0, 0.05) is 42.5 Å². The van der Waals surface area contributed by atoms with Gasteiger partial charge in [-0.3, -0.25) is 14.8 Å². The molecule has 92 valence electrons. The Morgan fingerprint density at radius 1 is 1.22 bits per heavy atom. The highest BCUT2D eigenvalue weighted by Gasteiger charge is 2.07. The minimum absolute atomic E-state index is 0.0819. The van der Waals surface area contributed by atoms with Gasteiger partial charge in [0.2, 0.25) is 0 Å². The molecule has 1 amide bonds. The Labute approximate surface area is 105 Å². The summed E-state index contributed by atoms with van der Waals surface area (Å²) in [6.45, 7) is 0.150. The highest BCUT2D eigenvalue weighted by Crippen LogP contribution is 2.17. The molecule has 0 fully saturated rings. The van der Waals surface area contributed by atoms with Gasteiger partial charge in [-0.05, 0) is 12.1 Å². The van der Waals surface area contributed by atoms with Crippen molar-refractivity contribution in [2.45, 2.75) is 0 Å². The van der Waals surface area contributed by atoms with Crippen LogP contribution in [0.2, 0.25) is 0 Å². The van der Waals surface area contributed by atoms with Gasteiger partial charge in [0.15, 0.2) is 0 Å². The molecular weight excluding hydrogens is 230 g/mol. The van der Waals surface area contributed by atoms with Gasteiger partial charge < -0.3 is 10.4 Å². The number of hydrogen-bond acceptors (Lipinski definition) is 4. The average molecular weight is 243 g/mol. The van der Waals surface area contributed by atoms with Crippen LogP contribution in [0.4, 0.5) is 0 Å². The van der Waals surface area contributed by atoms with Gasteiger partial charge in [-0.2, -0.15) is 0 Å². The molecule has 2 aromatic rings. The first-order valence-electron chi connectivity index (χ1n) is 5.56. The van der Waals surface area contributed by atoms with Crippen molar-refractivity contribution < 1.29 is 9.90 Å². The number of rotatable bonds is 4. The van der Waals surface area contributed by atoms with Gasteiger partial charge in [-0.1, -0.05) is 6.07 Å². The maximum atomic E-state index is 11.7. The minimum Gasteiger partial charge on any atom is -0.395 e. The Morgan fingerprint density at radius 2 is 2.06 bits per heavy atom. The number of nitrogens with one attached hydrogen (secondary N) is 1. The maximum absolute atomic E-state index is 11.7. The van der Waals surface area contributed by atoms with Crippen molar-refractivity contribution in [3.8, 4) is 11.1 Å². The van der Waals surface area contributed by atoms with Gasteiger partial charge in [0.05, 0.1) is 12.2 Å². The summed E-state index contributed by atoms with van der Waals surface area (Å²) in [6, 6.07) is 5.48. The van der Waals surface area contributed by atoms with E-state index in [1.165, 1.54) is 6.20 Å². The number of carbonyl (C=O) groups excluding carboxylic acids is 1. The molecule has 2 rings (SSSR count). The largest absolute Gasteiger partial charge is 0.395 e. The van der Waals surface area contributed by atoms with Crippen molar-refractivity contribution in [2.75, 3.05) is 13.2 Å². The molecule has 0 bridgehead atoms. The highest BCUT2D eigenvalue weighted by atomic mass is 16.3. The molecule has 0 aliphatic carbocycles. The first kappa shape index (κ1) is 12.2. The smallest absolute Gasteiger partial charge is 0.252 e. The summed E-state index contributed by atoms with van der Waals surface area (Å²) in [5.41, 5.74) is 2.20. The molecule has 0 radical (unpaired) electrons. The van der Waals surface area contributed by atoms with Crippen LogP contribution in [-0.2, 0) is 0 Å². The summed E-state index contributed by atoms with van der Waals surface area (Å²) in [6.07, 6.45) is 6.58. The van der Waals surface area contributed by atoms with Crippen LogP contribution in [0.3, 0.4) is 0 Å². The van der Waals surface area contributed by atoms with Crippen LogP contribution in [0.25, 0.3) is 11.1 Å². The van der Waals surface area contributed by atoms with Crippen LogP contribution in [0.1, 0.15) is 10.4 Å². The van der Waals surface area contributed by atoms with Crippen LogP contribution >= 0.6 is 0 Å². The molecule has 0 aromatic carbocycles. The van der Waals surface area contributed by atoms with Crippen LogP contribution in [0, 0.1) is 0 Å². The predicted octanol–water partition coefficient (Wildman–Crippen LogP) is 0.866. The number of pyridine rings is 2. The Kier molecular flexibility index (Phi) is 3.98. The molecule has 0 aliphatic rings. The van der Waals surface area contributed by atoms with Gasteiger partial charge in [0.1, 0.15) is 0 Å². The maximum Gasteiger partial charge on any atom is 0.252 e. The van der Waals surface area contributed by atoms with Crippen LogP contribution in [0.5, 0.6) is 0 Å². The summed E-state index contributed by atoms with van der Waals surface area (Å²) in [7, 11) is 0. The molecule has 0 unspecified atom stereocenters. The van der Waals surface area contributed by atoms with E-state index in [4.69, 9.17) is 5.11 Å². The summed E-state index contributed by atoms with van der Waals surface area (Å²) in [4.78, 5) is 19.8. The second kappa shape index (κ2) is 5.88. The molecule has 0 saturated carbocycles. The standard InChI is InChI=1S/C13H13N3O2/c17-5-4-16-13(18)12-6-11(8-15-9-12)10-2-1-3-14-7-10/h1-3,6-9,17H,4-5H2,(H,16,18). The van der Waals surface area contributed by atoms with Crippen molar-refractivity contribution in [3.63, 3.8) is 0 Å². The fourth-order valence-electron chi connectivity index (χ4n) is 1.53. The van der Waals surface area contributed by atoms with E-state index in [1.807, 2.05) is 12.1 Å². The lowest BCUT2D eigenvalue weighted by atomic mass is 10.1. The number of nitrogens with zero attached hydrogens (tertiary/aromatic N) is 2. The fraction of sp³-hybridized carbons (Fsp3) is 0.154. The van der Waals surface area contributed by atoms with E-state index in [-0.39, 0.29) is 19.1 Å². The quantitative estimate of drug-likeness (QED) is 0.835. The lowest BCUT2D eigenvalue weighted by Gasteiger charge is -2.05. The summed E-state index contributed by atoms with van der Waals surface area (Å²) in [5, 5.41) is 11.2. The second-order valence-corrected chi connectivity index (χ2v) is 3.68. The number of amides is 1. The third-order valence-corrected chi connectivity index (χ3v) is 2.39. The van der Waals surface area contributed by atoms with E-state index in [9.17, 15) is 4.79 Å². The number of aliphatic hydroxyl groups is 1. The van der Waals surface area contributed by atoms with Crippen molar-refractivity contribution in [2.24, 2.45) is 0 Å². The van der Waals surface area contributed by atoms with Crippen LogP contribution in [0.15, 0.2) is 43.0 Å². The Morgan fingerprint density at radius 3 is 2.78 bits per heavy atom.